The zero-order valence-electron chi connectivity index (χ0n) is 11.3. The fraction of sp³-hybridized carbons (Fsp3) is 0.385. The third-order valence-corrected chi connectivity index (χ3v) is 2.51. The van der Waals surface area contributed by atoms with E-state index in [2.05, 4.69) is 24.0 Å². The Bertz CT molecular complexity index is 578. The molecule has 0 atom stereocenters. The summed E-state index contributed by atoms with van der Waals surface area (Å²) in [5.41, 5.74) is 0.0242. The van der Waals surface area contributed by atoms with Crippen LogP contribution in [-0.4, -0.2) is 15.1 Å². The third-order valence-electron chi connectivity index (χ3n) is 2.51. The van der Waals surface area contributed by atoms with Crippen LogP contribution in [0, 0.1) is 16.0 Å². The minimum Gasteiger partial charge on any atom is -0.485 e. The van der Waals surface area contributed by atoms with Crippen molar-refractivity contribution < 1.29 is 14.2 Å². The van der Waals surface area contributed by atoms with Gasteiger partial charge in [0.15, 0.2) is 6.61 Å². The van der Waals surface area contributed by atoms with Crippen molar-refractivity contribution in [3.05, 3.63) is 46.1 Å². The summed E-state index contributed by atoms with van der Waals surface area (Å²) in [5.74, 6) is 2.01. The summed E-state index contributed by atoms with van der Waals surface area (Å²) in [6, 6.07) is 5.84. The molecule has 0 N–H and O–H groups in total. The van der Waals surface area contributed by atoms with Gasteiger partial charge in [0.25, 0.3) is 5.69 Å². The highest BCUT2D eigenvalue weighted by molar-refractivity contribution is 5.35. The Balaban J connectivity index is 1.91. The molecule has 0 spiro atoms. The molecule has 0 radical (unpaired) electrons. The quantitative estimate of drug-likeness (QED) is 0.595. The summed E-state index contributed by atoms with van der Waals surface area (Å²) in [6.45, 7) is 4.30. The van der Waals surface area contributed by atoms with Gasteiger partial charge in [0.05, 0.1) is 4.92 Å². The number of nitrogens with zero attached hydrogens (tertiary/aromatic N) is 3. The van der Waals surface area contributed by atoms with Gasteiger partial charge < -0.3 is 9.26 Å². The Morgan fingerprint density at radius 1 is 1.35 bits per heavy atom. The molecule has 0 bridgehead atoms. The van der Waals surface area contributed by atoms with Crippen molar-refractivity contribution in [2.45, 2.75) is 26.9 Å². The lowest BCUT2D eigenvalue weighted by atomic mass is 10.1. The van der Waals surface area contributed by atoms with E-state index in [1.165, 1.54) is 24.3 Å². The van der Waals surface area contributed by atoms with Crippen LogP contribution in [0.5, 0.6) is 5.75 Å². The number of ether oxygens (including phenoxy) is 1. The highest BCUT2D eigenvalue weighted by Gasteiger charge is 2.09. The minimum absolute atomic E-state index is 0.0242. The molecule has 2 rings (SSSR count). The van der Waals surface area contributed by atoms with Crippen molar-refractivity contribution in [2.75, 3.05) is 0 Å². The number of aromatic nitrogens is 2. The molecule has 0 saturated heterocycles. The maximum absolute atomic E-state index is 10.5. The van der Waals surface area contributed by atoms with Crippen molar-refractivity contribution in [2.24, 2.45) is 5.92 Å². The van der Waals surface area contributed by atoms with Crippen molar-refractivity contribution in [1.82, 2.24) is 10.1 Å². The zero-order chi connectivity index (χ0) is 14.5. The molecule has 0 fully saturated rings. The first kappa shape index (κ1) is 14.0. The zero-order valence-corrected chi connectivity index (χ0v) is 11.3. The van der Waals surface area contributed by atoms with Crippen LogP contribution in [0.15, 0.2) is 28.8 Å². The first-order valence-electron chi connectivity index (χ1n) is 6.23. The smallest absolute Gasteiger partial charge is 0.269 e. The number of benzene rings is 1. The highest BCUT2D eigenvalue weighted by atomic mass is 16.6. The average Bonchev–Trinajstić information content (AvgIpc) is 2.83. The molecule has 1 aromatic heterocycles. The molecule has 0 saturated carbocycles. The van der Waals surface area contributed by atoms with E-state index in [1.807, 2.05) is 0 Å². The number of nitro benzene ring substituents is 1. The molecule has 0 aliphatic heterocycles. The molecule has 1 heterocycles. The van der Waals surface area contributed by atoms with Crippen LogP contribution in [-0.2, 0) is 13.0 Å². The van der Waals surface area contributed by atoms with Gasteiger partial charge in [0.1, 0.15) is 5.75 Å². The Morgan fingerprint density at radius 3 is 2.65 bits per heavy atom. The Hall–Kier alpha value is -2.44. The van der Waals surface area contributed by atoms with Crippen LogP contribution >= 0.6 is 0 Å². The molecule has 7 heteroatoms. The van der Waals surface area contributed by atoms with Crippen molar-refractivity contribution in [3.8, 4) is 5.75 Å². The lowest BCUT2D eigenvalue weighted by Crippen LogP contribution is -1.99. The van der Waals surface area contributed by atoms with Gasteiger partial charge >= 0.3 is 0 Å². The number of hydrogen-bond donors (Lipinski definition) is 0. The summed E-state index contributed by atoms with van der Waals surface area (Å²) in [4.78, 5) is 14.3. The van der Waals surface area contributed by atoms with Crippen molar-refractivity contribution >= 4 is 5.69 Å². The van der Waals surface area contributed by atoms with Crippen LogP contribution in [0.1, 0.15) is 25.6 Å². The molecular weight excluding hydrogens is 262 g/mol. The Morgan fingerprint density at radius 2 is 2.05 bits per heavy atom. The van der Waals surface area contributed by atoms with Crippen LogP contribution in [0.25, 0.3) is 0 Å². The lowest BCUT2D eigenvalue weighted by Gasteiger charge is -2.02. The topological polar surface area (TPSA) is 91.3 Å². The number of nitro groups is 1. The van der Waals surface area contributed by atoms with Crippen LogP contribution in [0.4, 0.5) is 5.69 Å². The summed E-state index contributed by atoms with van der Waals surface area (Å²) < 4.78 is 10.5. The second-order valence-electron chi connectivity index (χ2n) is 4.74. The highest BCUT2D eigenvalue weighted by Crippen LogP contribution is 2.18. The predicted molar refractivity (Wildman–Crippen MR) is 70.3 cm³/mol. The van der Waals surface area contributed by atoms with E-state index >= 15 is 0 Å². The van der Waals surface area contributed by atoms with Crippen LogP contribution in [0.2, 0.25) is 0 Å². The second kappa shape index (κ2) is 6.14. The van der Waals surface area contributed by atoms with E-state index in [9.17, 15) is 10.1 Å². The van der Waals surface area contributed by atoms with Gasteiger partial charge in [0, 0.05) is 18.6 Å². The summed E-state index contributed by atoms with van der Waals surface area (Å²) in [5, 5.41) is 14.3. The largest absolute Gasteiger partial charge is 0.485 e. The normalized spacial score (nSPS) is 10.8. The monoisotopic (exact) mass is 277 g/mol. The van der Waals surface area contributed by atoms with Crippen molar-refractivity contribution in [1.29, 1.82) is 0 Å². The van der Waals surface area contributed by atoms with E-state index in [4.69, 9.17) is 9.26 Å². The molecule has 20 heavy (non-hydrogen) atoms. The Labute approximate surface area is 115 Å². The first-order chi connectivity index (χ1) is 9.54. The fourth-order valence-corrected chi connectivity index (χ4v) is 1.59. The van der Waals surface area contributed by atoms with E-state index in [0.717, 1.165) is 6.42 Å². The molecule has 0 amide bonds. The van der Waals surface area contributed by atoms with Gasteiger partial charge in [-0.1, -0.05) is 19.0 Å². The fourth-order valence-electron chi connectivity index (χ4n) is 1.59. The van der Waals surface area contributed by atoms with Gasteiger partial charge in [-0.25, -0.2) is 0 Å². The van der Waals surface area contributed by atoms with Crippen LogP contribution in [0.3, 0.4) is 0 Å². The molecule has 0 aliphatic rings. The molecule has 1 aromatic carbocycles. The van der Waals surface area contributed by atoms with Crippen molar-refractivity contribution in [3.63, 3.8) is 0 Å². The number of hydrogen-bond acceptors (Lipinski definition) is 6. The molecule has 0 unspecified atom stereocenters. The van der Waals surface area contributed by atoms with Crippen LogP contribution < -0.4 is 4.74 Å². The molecule has 106 valence electrons. The third kappa shape index (κ3) is 3.78. The minimum atomic E-state index is -0.457. The summed E-state index contributed by atoms with van der Waals surface area (Å²) in [7, 11) is 0. The number of rotatable bonds is 6. The van der Waals surface area contributed by atoms with Gasteiger partial charge in [-0.2, -0.15) is 4.98 Å². The molecule has 7 nitrogen and oxygen atoms in total. The van der Waals surface area contributed by atoms with Gasteiger partial charge in [0.2, 0.25) is 11.7 Å². The predicted octanol–water partition coefficient (Wildman–Crippen LogP) is 2.76. The SMILES string of the molecule is CC(C)Cc1nc(COc2ccc([N+](=O)[O-])cc2)no1. The average molecular weight is 277 g/mol. The molecule has 2 aromatic rings. The van der Waals surface area contributed by atoms with Gasteiger partial charge in [-0.15, -0.1) is 0 Å². The summed E-state index contributed by atoms with van der Waals surface area (Å²) in [6.07, 6.45) is 0.727. The number of non-ortho nitro benzene ring substituents is 1. The first-order valence-corrected chi connectivity index (χ1v) is 6.23. The standard InChI is InChI=1S/C13H15N3O4/c1-9(2)7-13-14-12(15-20-13)8-19-11-5-3-10(4-6-11)16(17)18/h3-6,9H,7-8H2,1-2H3. The van der Waals surface area contributed by atoms with E-state index < -0.39 is 4.92 Å². The van der Waals surface area contributed by atoms with E-state index in [-0.39, 0.29) is 12.3 Å². The van der Waals surface area contributed by atoms with E-state index in [0.29, 0.717) is 23.4 Å². The Kier molecular flexibility index (Phi) is 4.29. The maximum Gasteiger partial charge on any atom is 0.269 e. The van der Waals surface area contributed by atoms with Gasteiger partial charge in [-0.3, -0.25) is 10.1 Å². The maximum atomic E-state index is 10.5. The molecule has 0 aliphatic carbocycles. The van der Waals surface area contributed by atoms with Gasteiger partial charge in [-0.05, 0) is 18.1 Å². The lowest BCUT2D eigenvalue weighted by molar-refractivity contribution is -0.384. The summed E-state index contributed by atoms with van der Waals surface area (Å²) >= 11 is 0. The van der Waals surface area contributed by atoms with E-state index in [1.54, 1.807) is 0 Å². The molecular formula is C13H15N3O4. The second-order valence-corrected chi connectivity index (χ2v) is 4.74.